The Bertz CT molecular complexity index is 1590. The Hall–Kier alpha value is -3.24. The molecule has 3 atom stereocenters. The molecule has 210 valence electrons. The maximum Gasteiger partial charge on any atom is 0.439 e. The number of anilines is 1. The summed E-state index contributed by atoms with van der Waals surface area (Å²) >= 11 is 6.42. The van der Waals surface area contributed by atoms with Crippen molar-refractivity contribution in [3.05, 3.63) is 40.1 Å². The zero-order valence-corrected chi connectivity index (χ0v) is 23.6. The Morgan fingerprint density at radius 3 is 2.73 bits per heavy atom. The number of hydrogen-bond acceptors (Lipinski definition) is 8. The number of imidazole rings is 1. The molecule has 5 heterocycles. The number of aromatic nitrogens is 6. The first kappa shape index (κ1) is 25.7. The Morgan fingerprint density at radius 2 is 1.95 bits per heavy atom. The molecule has 1 N–H and O–H groups in total. The average Bonchev–Trinajstić information content (AvgIpc) is 3.70. The van der Waals surface area contributed by atoms with Gasteiger partial charge < -0.3 is 14.2 Å². The van der Waals surface area contributed by atoms with E-state index < -0.39 is 5.76 Å². The number of nitrogens with one attached hydrogen (secondary N) is 1. The van der Waals surface area contributed by atoms with Crippen molar-refractivity contribution in [3.63, 3.8) is 0 Å². The van der Waals surface area contributed by atoms with Crippen molar-refractivity contribution in [1.82, 2.24) is 29.7 Å². The van der Waals surface area contributed by atoms with Gasteiger partial charge in [0.25, 0.3) is 0 Å². The molecule has 10 nitrogen and oxygen atoms in total. The number of aromatic amines is 1. The van der Waals surface area contributed by atoms with Crippen molar-refractivity contribution in [3.8, 4) is 22.8 Å². The van der Waals surface area contributed by atoms with Crippen LogP contribution in [0.3, 0.4) is 0 Å². The summed E-state index contributed by atoms with van der Waals surface area (Å²) < 4.78 is 13.4. The van der Waals surface area contributed by atoms with Crippen molar-refractivity contribution in [2.45, 2.75) is 77.0 Å². The maximum absolute atomic E-state index is 11.8. The van der Waals surface area contributed by atoms with Gasteiger partial charge in [0.15, 0.2) is 0 Å². The normalized spacial score (nSPS) is 25.8. The van der Waals surface area contributed by atoms with Gasteiger partial charge in [0.05, 0.1) is 40.5 Å². The third-order valence-electron chi connectivity index (χ3n) is 9.20. The minimum absolute atomic E-state index is 0.209. The molecule has 4 aromatic heterocycles. The number of pyridine rings is 2. The van der Waals surface area contributed by atoms with Crippen molar-refractivity contribution < 1.29 is 9.26 Å². The molecule has 3 aliphatic rings. The number of halogens is 1. The van der Waals surface area contributed by atoms with Crippen molar-refractivity contribution in [1.29, 1.82) is 0 Å². The highest BCUT2D eigenvalue weighted by Crippen LogP contribution is 2.43. The maximum atomic E-state index is 11.8. The Kier molecular flexibility index (Phi) is 6.62. The van der Waals surface area contributed by atoms with Gasteiger partial charge >= 0.3 is 5.76 Å². The number of fused-ring (bicyclic) bond motifs is 2. The summed E-state index contributed by atoms with van der Waals surface area (Å²) in [6.45, 7) is 6.18. The second-order valence-electron chi connectivity index (χ2n) is 11.7. The molecule has 0 radical (unpaired) electrons. The zero-order valence-electron chi connectivity index (χ0n) is 22.8. The van der Waals surface area contributed by atoms with E-state index in [0.717, 1.165) is 54.3 Å². The third kappa shape index (κ3) is 4.51. The quantitative estimate of drug-likeness (QED) is 0.332. The van der Waals surface area contributed by atoms with Gasteiger partial charge in [0.2, 0.25) is 11.8 Å². The topological polar surface area (TPSA) is 115 Å². The number of rotatable bonds is 5. The number of nitrogens with zero attached hydrogens (tertiary/aromatic N) is 6. The molecule has 2 saturated carbocycles. The van der Waals surface area contributed by atoms with Crippen LogP contribution in [-0.4, -0.2) is 55.0 Å². The number of morpholine rings is 1. The summed E-state index contributed by atoms with van der Waals surface area (Å²) in [5.74, 6) is 1.89. The standard InChI is InChI=1S/C29H34ClN7O3/c1-16-6-8-18(9-7-16)17(2)37-26-21(33-28(37)36-10-11-39-24-5-3-4-23(24)36)13-22(27-34-29(38)40-35-27)32-25(26)19-12-20(30)15-31-14-19/h12-18,23-24H,3-11H2,1-2H3,(H,34,35,38)/t16?,17-,18?,23+,24+/m0/s1. The van der Waals surface area contributed by atoms with E-state index in [0.29, 0.717) is 35.0 Å². The number of ether oxygens (including phenoxy) is 1. The monoisotopic (exact) mass is 563 g/mol. The molecule has 7 rings (SSSR count). The highest BCUT2D eigenvalue weighted by atomic mass is 35.5. The van der Waals surface area contributed by atoms with Crippen molar-refractivity contribution in [2.75, 3.05) is 18.1 Å². The first-order valence-electron chi connectivity index (χ1n) is 14.4. The van der Waals surface area contributed by atoms with Crippen molar-refractivity contribution in [2.24, 2.45) is 11.8 Å². The van der Waals surface area contributed by atoms with Gasteiger partial charge in [0, 0.05) is 30.5 Å². The smallest absolute Gasteiger partial charge is 0.374 e. The zero-order chi connectivity index (χ0) is 27.4. The van der Waals surface area contributed by atoms with Crippen LogP contribution in [-0.2, 0) is 4.74 Å². The fourth-order valence-corrected chi connectivity index (χ4v) is 7.23. The van der Waals surface area contributed by atoms with Gasteiger partial charge in [-0.15, -0.1) is 0 Å². The second kappa shape index (κ2) is 10.3. The van der Waals surface area contributed by atoms with Crippen LogP contribution >= 0.6 is 11.6 Å². The van der Waals surface area contributed by atoms with Crippen LogP contribution in [0.5, 0.6) is 0 Å². The van der Waals surface area contributed by atoms with Crippen LogP contribution in [0.2, 0.25) is 5.02 Å². The second-order valence-corrected chi connectivity index (χ2v) is 12.1. The molecule has 3 fully saturated rings. The van der Waals surface area contributed by atoms with Gasteiger partial charge in [-0.05, 0) is 63.0 Å². The SMILES string of the molecule is CC1CCC([C@H](C)n2c(N3CCO[C@@H]4CCC[C@H]43)nc3cc(-c4noc(=O)[nH]4)nc(-c4cncc(Cl)c4)c32)CC1. The van der Waals surface area contributed by atoms with Gasteiger partial charge in [-0.2, -0.15) is 0 Å². The van der Waals surface area contributed by atoms with Crippen LogP contribution in [0.4, 0.5) is 5.95 Å². The summed E-state index contributed by atoms with van der Waals surface area (Å²) in [6, 6.07) is 4.28. The fraction of sp³-hybridized carbons (Fsp3) is 0.552. The minimum Gasteiger partial charge on any atom is -0.374 e. The molecule has 0 spiro atoms. The number of H-pyrrole nitrogens is 1. The summed E-state index contributed by atoms with van der Waals surface area (Å²) in [5, 5.41) is 4.44. The molecule has 40 heavy (non-hydrogen) atoms. The van der Waals surface area contributed by atoms with E-state index >= 15 is 0 Å². The van der Waals surface area contributed by atoms with E-state index in [4.69, 9.17) is 30.8 Å². The highest BCUT2D eigenvalue weighted by Gasteiger charge is 2.40. The van der Waals surface area contributed by atoms with Crippen molar-refractivity contribution >= 4 is 28.6 Å². The average molecular weight is 564 g/mol. The van der Waals surface area contributed by atoms with E-state index in [9.17, 15) is 4.79 Å². The molecule has 4 aromatic rings. The molecule has 0 unspecified atom stereocenters. The van der Waals surface area contributed by atoms with Gasteiger partial charge in [-0.1, -0.05) is 36.5 Å². The van der Waals surface area contributed by atoms with Crippen LogP contribution in [0.15, 0.2) is 33.8 Å². The molecule has 1 saturated heterocycles. The van der Waals surface area contributed by atoms with Gasteiger partial charge in [-0.25, -0.2) is 14.8 Å². The van der Waals surface area contributed by atoms with Crippen LogP contribution < -0.4 is 10.7 Å². The molecule has 1 aliphatic heterocycles. The lowest BCUT2D eigenvalue weighted by Crippen LogP contribution is -2.50. The van der Waals surface area contributed by atoms with E-state index in [1.807, 2.05) is 12.1 Å². The Morgan fingerprint density at radius 1 is 1.10 bits per heavy atom. The third-order valence-corrected chi connectivity index (χ3v) is 9.41. The molecule has 11 heteroatoms. The molecular weight excluding hydrogens is 530 g/mol. The largest absolute Gasteiger partial charge is 0.439 e. The lowest BCUT2D eigenvalue weighted by atomic mass is 9.79. The summed E-state index contributed by atoms with van der Waals surface area (Å²) in [4.78, 5) is 31.6. The van der Waals surface area contributed by atoms with E-state index in [1.54, 1.807) is 12.4 Å². The summed E-state index contributed by atoms with van der Waals surface area (Å²) in [7, 11) is 0. The lowest BCUT2D eigenvalue weighted by Gasteiger charge is -2.40. The molecular formula is C29H34ClN7O3. The predicted molar refractivity (Wildman–Crippen MR) is 152 cm³/mol. The highest BCUT2D eigenvalue weighted by molar-refractivity contribution is 6.30. The van der Waals surface area contributed by atoms with E-state index in [2.05, 4.69) is 38.4 Å². The number of hydrogen-bond donors (Lipinski definition) is 1. The lowest BCUT2D eigenvalue weighted by molar-refractivity contribution is 0.0245. The predicted octanol–water partition coefficient (Wildman–Crippen LogP) is 5.64. The van der Waals surface area contributed by atoms with Crippen LogP contribution in [0.1, 0.15) is 64.8 Å². The first-order chi connectivity index (χ1) is 19.5. The van der Waals surface area contributed by atoms with Crippen LogP contribution in [0.25, 0.3) is 33.8 Å². The Balaban J connectivity index is 1.47. The fourth-order valence-electron chi connectivity index (χ4n) is 7.05. The van der Waals surface area contributed by atoms with Gasteiger partial charge in [-0.3, -0.25) is 14.5 Å². The minimum atomic E-state index is -0.630. The molecule has 2 aliphatic carbocycles. The first-order valence-corrected chi connectivity index (χ1v) is 14.8. The van der Waals surface area contributed by atoms with Gasteiger partial charge in [0.1, 0.15) is 5.69 Å². The van der Waals surface area contributed by atoms with E-state index in [-0.39, 0.29) is 18.0 Å². The van der Waals surface area contributed by atoms with E-state index in [1.165, 1.54) is 25.7 Å². The molecule has 0 bridgehead atoms. The summed E-state index contributed by atoms with van der Waals surface area (Å²) in [6.07, 6.45) is 11.8. The summed E-state index contributed by atoms with van der Waals surface area (Å²) in [5.41, 5.74) is 3.70. The van der Waals surface area contributed by atoms with Crippen LogP contribution in [0, 0.1) is 11.8 Å². The Labute approximate surface area is 237 Å². The molecule has 0 amide bonds. The molecule has 0 aromatic carbocycles.